The molecule has 136 valence electrons. The second-order valence-corrected chi connectivity index (χ2v) is 6.21. The highest BCUT2D eigenvalue weighted by Crippen LogP contribution is 2.22. The van der Waals surface area contributed by atoms with Crippen molar-refractivity contribution in [1.82, 2.24) is 14.9 Å². The summed E-state index contributed by atoms with van der Waals surface area (Å²) < 4.78 is 0. The molecule has 0 spiro atoms. The lowest BCUT2D eigenvalue weighted by atomic mass is 10.1. The van der Waals surface area contributed by atoms with Crippen molar-refractivity contribution in [3.8, 4) is 0 Å². The normalized spacial score (nSPS) is 14.9. The second kappa shape index (κ2) is 7.44. The molecule has 1 aromatic heterocycles. The Morgan fingerprint density at radius 2 is 1.96 bits per heavy atom. The number of hydrogen-bond acceptors (Lipinski definition) is 7. The maximum atomic E-state index is 12.5. The van der Waals surface area contributed by atoms with Crippen molar-refractivity contribution in [3.05, 3.63) is 51.8 Å². The summed E-state index contributed by atoms with van der Waals surface area (Å²) in [5, 5.41) is 13.7. The van der Waals surface area contributed by atoms with Crippen molar-refractivity contribution in [1.29, 1.82) is 0 Å². The minimum Gasteiger partial charge on any atom is -0.354 e. The summed E-state index contributed by atoms with van der Waals surface area (Å²) in [6.07, 6.45) is 1.41. The molecular weight excluding hydrogens is 336 g/mol. The van der Waals surface area contributed by atoms with E-state index in [9.17, 15) is 14.9 Å². The lowest BCUT2D eigenvalue weighted by molar-refractivity contribution is -0.385. The number of carbonyl (C=O) groups is 1. The summed E-state index contributed by atoms with van der Waals surface area (Å²) in [4.78, 5) is 35.8. The Morgan fingerprint density at radius 1 is 1.23 bits per heavy atom. The summed E-state index contributed by atoms with van der Waals surface area (Å²) in [6.45, 7) is 5.15. The van der Waals surface area contributed by atoms with E-state index in [1.165, 1.54) is 18.5 Å². The van der Waals surface area contributed by atoms with Gasteiger partial charge in [-0.15, -0.1) is 0 Å². The summed E-state index contributed by atoms with van der Waals surface area (Å²) in [5.41, 5.74) is 0.487. The van der Waals surface area contributed by atoms with Gasteiger partial charge in [-0.2, -0.15) is 0 Å². The molecule has 1 amide bonds. The van der Waals surface area contributed by atoms with Gasteiger partial charge in [0.2, 0.25) is 0 Å². The number of piperazine rings is 1. The van der Waals surface area contributed by atoms with Crippen molar-refractivity contribution in [2.75, 3.05) is 43.4 Å². The Labute approximate surface area is 150 Å². The van der Waals surface area contributed by atoms with Crippen molar-refractivity contribution in [2.45, 2.75) is 6.92 Å². The van der Waals surface area contributed by atoms with Crippen LogP contribution in [-0.4, -0.2) is 58.9 Å². The third kappa shape index (κ3) is 3.77. The Hall–Kier alpha value is -3.07. The molecule has 0 aliphatic carbocycles. The first-order valence-electron chi connectivity index (χ1n) is 8.26. The van der Waals surface area contributed by atoms with Gasteiger partial charge in [0, 0.05) is 49.4 Å². The van der Waals surface area contributed by atoms with E-state index in [1.807, 2.05) is 0 Å². The van der Waals surface area contributed by atoms with Gasteiger partial charge in [-0.05, 0) is 20.0 Å². The number of aromatic nitrogens is 2. The summed E-state index contributed by atoms with van der Waals surface area (Å²) in [7, 11) is 2.07. The third-order valence-corrected chi connectivity index (χ3v) is 4.47. The Bertz CT molecular complexity index is 833. The van der Waals surface area contributed by atoms with Crippen LogP contribution in [0.4, 0.5) is 17.3 Å². The number of nitrogens with one attached hydrogen (secondary N) is 1. The van der Waals surface area contributed by atoms with E-state index in [1.54, 1.807) is 19.1 Å². The molecule has 2 heterocycles. The number of benzene rings is 1. The topological polar surface area (TPSA) is 104 Å². The predicted molar refractivity (Wildman–Crippen MR) is 97.5 cm³/mol. The van der Waals surface area contributed by atoms with Crippen molar-refractivity contribution >= 4 is 23.2 Å². The lowest BCUT2D eigenvalue weighted by Crippen LogP contribution is -2.44. The molecule has 1 saturated heterocycles. The van der Waals surface area contributed by atoms with Gasteiger partial charge in [0.25, 0.3) is 11.6 Å². The van der Waals surface area contributed by atoms with Gasteiger partial charge in [0.05, 0.1) is 4.92 Å². The molecule has 3 rings (SSSR count). The second-order valence-electron chi connectivity index (χ2n) is 6.21. The fourth-order valence-electron chi connectivity index (χ4n) is 2.87. The lowest BCUT2D eigenvalue weighted by Gasteiger charge is -2.33. The molecule has 9 nitrogen and oxygen atoms in total. The fraction of sp³-hybridized carbons (Fsp3) is 0.353. The number of hydrogen-bond donors (Lipinski definition) is 1. The van der Waals surface area contributed by atoms with Gasteiger partial charge in [-0.3, -0.25) is 14.9 Å². The van der Waals surface area contributed by atoms with Crippen LogP contribution in [0.1, 0.15) is 15.9 Å². The highest BCUT2D eigenvalue weighted by Gasteiger charge is 2.19. The van der Waals surface area contributed by atoms with Gasteiger partial charge in [-0.1, -0.05) is 6.07 Å². The molecule has 26 heavy (non-hydrogen) atoms. The van der Waals surface area contributed by atoms with Gasteiger partial charge in [0.1, 0.15) is 18.0 Å². The number of anilines is 2. The van der Waals surface area contributed by atoms with Crippen LogP contribution in [0, 0.1) is 17.0 Å². The zero-order valence-corrected chi connectivity index (χ0v) is 14.7. The zero-order chi connectivity index (χ0) is 18.7. The van der Waals surface area contributed by atoms with Crippen LogP contribution < -0.4 is 10.2 Å². The molecule has 0 unspecified atom stereocenters. The van der Waals surface area contributed by atoms with Crippen LogP contribution >= 0.6 is 0 Å². The molecule has 1 aromatic carbocycles. The largest absolute Gasteiger partial charge is 0.354 e. The van der Waals surface area contributed by atoms with Crippen LogP contribution in [-0.2, 0) is 0 Å². The standard InChI is InChI=1S/C17H20N6O3/c1-12-13(4-3-5-14(12)23(25)26)17(24)20-15-10-16(19-11-18-15)22-8-6-21(2)7-9-22/h3-5,10-11H,6-9H2,1-2H3,(H,18,19,20,24). The van der Waals surface area contributed by atoms with Gasteiger partial charge < -0.3 is 15.1 Å². The number of rotatable bonds is 4. The molecule has 1 aliphatic rings. The van der Waals surface area contributed by atoms with Gasteiger partial charge >= 0.3 is 0 Å². The average Bonchev–Trinajstić information content (AvgIpc) is 2.62. The van der Waals surface area contributed by atoms with Crippen LogP contribution in [0.3, 0.4) is 0 Å². The quantitative estimate of drug-likeness (QED) is 0.656. The minimum absolute atomic E-state index is 0.0848. The maximum Gasteiger partial charge on any atom is 0.273 e. The van der Waals surface area contributed by atoms with Gasteiger partial charge in [-0.25, -0.2) is 9.97 Å². The molecule has 0 saturated carbocycles. The maximum absolute atomic E-state index is 12.5. The number of nitro benzene ring substituents is 1. The zero-order valence-electron chi connectivity index (χ0n) is 14.7. The Morgan fingerprint density at radius 3 is 2.65 bits per heavy atom. The summed E-state index contributed by atoms with van der Waals surface area (Å²) in [6, 6.07) is 6.15. The number of carbonyl (C=O) groups excluding carboxylic acids is 1. The van der Waals surface area contributed by atoms with Crippen LogP contribution in [0.25, 0.3) is 0 Å². The van der Waals surface area contributed by atoms with Crippen LogP contribution in [0.5, 0.6) is 0 Å². The monoisotopic (exact) mass is 356 g/mol. The molecule has 0 atom stereocenters. The van der Waals surface area contributed by atoms with E-state index in [0.717, 1.165) is 32.0 Å². The number of amides is 1. The van der Waals surface area contributed by atoms with E-state index < -0.39 is 10.8 Å². The molecule has 1 aliphatic heterocycles. The first-order chi connectivity index (χ1) is 12.5. The summed E-state index contributed by atoms with van der Waals surface area (Å²) in [5.74, 6) is 0.679. The van der Waals surface area contributed by atoms with E-state index in [-0.39, 0.29) is 11.3 Å². The predicted octanol–water partition coefficient (Wildman–Crippen LogP) is 1.70. The first kappa shape index (κ1) is 17.7. The average molecular weight is 356 g/mol. The van der Waals surface area contributed by atoms with Crippen molar-refractivity contribution in [2.24, 2.45) is 0 Å². The van der Waals surface area contributed by atoms with E-state index in [2.05, 4.69) is 32.1 Å². The SMILES string of the molecule is Cc1c(C(=O)Nc2cc(N3CCN(C)CC3)ncn2)cccc1[N+](=O)[O-]. The number of nitrogens with zero attached hydrogens (tertiary/aromatic N) is 5. The molecule has 0 bridgehead atoms. The number of nitro groups is 1. The minimum atomic E-state index is -0.498. The molecule has 0 radical (unpaired) electrons. The van der Waals surface area contributed by atoms with E-state index in [4.69, 9.17) is 0 Å². The van der Waals surface area contributed by atoms with E-state index >= 15 is 0 Å². The third-order valence-electron chi connectivity index (χ3n) is 4.47. The molecular formula is C17H20N6O3. The Balaban J connectivity index is 1.77. The van der Waals surface area contributed by atoms with Gasteiger partial charge in [0.15, 0.2) is 0 Å². The first-order valence-corrected chi connectivity index (χ1v) is 8.26. The molecule has 1 fully saturated rings. The van der Waals surface area contributed by atoms with Crippen LogP contribution in [0.15, 0.2) is 30.6 Å². The van der Waals surface area contributed by atoms with Crippen LogP contribution in [0.2, 0.25) is 0 Å². The highest BCUT2D eigenvalue weighted by atomic mass is 16.6. The van der Waals surface area contributed by atoms with Crippen molar-refractivity contribution in [3.63, 3.8) is 0 Å². The Kier molecular flexibility index (Phi) is 5.08. The van der Waals surface area contributed by atoms with E-state index in [0.29, 0.717) is 11.4 Å². The molecule has 1 N–H and O–H groups in total. The summed E-state index contributed by atoms with van der Waals surface area (Å²) >= 11 is 0. The van der Waals surface area contributed by atoms with Crippen molar-refractivity contribution < 1.29 is 9.72 Å². The molecule has 9 heteroatoms. The molecule has 2 aromatic rings. The fourth-order valence-corrected chi connectivity index (χ4v) is 2.87. The highest BCUT2D eigenvalue weighted by molar-refractivity contribution is 6.05. The number of likely N-dealkylation sites (N-methyl/N-ethyl adjacent to an activating group) is 1. The smallest absolute Gasteiger partial charge is 0.273 e.